The van der Waals surface area contributed by atoms with Crippen LogP contribution in [0.4, 0.5) is 4.79 Å². The van der Waals surface area contributed by atoms with E-state index in [4.69, 9.17) is 32.9 Å². The number of hydroxylamine groups is 2. The summed E-state index contributed by atoms with van der Waals surface area (Å²) >= 11 is 0. The smallest absolute Gasteiger partial charge is 0.481 e. The monoisotopic (exact) mass is 1030 g/mol. The van der Waals surface area contributed by atoms with E-state index >= 15 is 0 Å². The summed E-state index contributed by atoms with van der Waals surface area (Å²) in [5.74, 6) is -5.57. The van der Waals surface area contributed by atoms with Crippen LogP contribution in [0.15, 0.2) is 126 Å². The van der Waals surface area contributed by atoms with Gasteiger partial charge < -0.3 is 48.9 Å². The number of unbranched alkanes of at least 4 members (excludes halogenated alkanes) is 2. The number of esters is 3. The van der Waals surface area contributed by atoms with Gasteiger partial charge in [-0.2, -0.15) is 5.06 Å². The van der Waals surface area contributed by atoms with Gasteiger partial charge >= 0.3 is 24.1 Å². The van der Waals surface area contributed by atoms with Gasteiger partial charge in [-0.1, -0.05) is 130 Å². The second-order valence-corrected chi connectivity index (χ2v) is 18.1. The number of carbonyl (C=O) groups excluding carboxylic acids is 8. The third kappa shape index (κ3) is 19.1. The molecule has 0 spiro atoms. The van der Waals surface area contributed by atoms with Crippen molar-refractivity contribution in [2.45, 2.75) is 111 Å². The van der Waals surface area contributed by atoms with Crippen LogP contribution in [0.3, 0.4) is 0 Å². The Morgan fingerprint density at radius 2 is 1.29 bits per heavy atom. The van der Waals surface area contributed by atoms with E-state index in [2.05, 4.69) is 16.0 Å². The summed E-state index contributed by atoms with van der Waals surface area (Å²) in [5.41, 5.74) is 1.35. The molecule has 0 unspecified atom stereocenters. The number of carbonyl (C=O) groups is 8. The lowest BCUT2D eigenvalue weighted by molar-refractivity contribution is -0.182. The molecule has 0 radical (unpaired) electrons. The van der Waals surface area contributed by atoms with Crippen LogP contribution in [0.1, 0.15) is 111 Å². The molecule has 398 valence electrons. The minimum Gasteiger partial charge on any atom is -0.481 e. The SMILES string of the molecule is CCCCC[C@@H](C(=O)NCNC(=O)c1ccc(-c2ccc(C(=O)N[C@@H](CC(=O)OCc3ccccc3)C(=O)OCc3ccccc3)c(OCC(=O)OCc3ccccc3)c2)o1)[C@@H](CC)N(C=O)OC(=O)OC(C)(C)C. The first-order valence-corrected chi connectivity index (χ1v) is 24.5. The molecule has 1 heterocycles. The minimum absolute atomic E-state index is 0.0488. The molecule has 0 bridgehead atoms. The van der Waals surface area contributed by atoms with Crippen LogP contribution in [0, 0.1) is 5.92 Å². The molecule has 4 aromatic carbocycles. The highest BCUT2D eigenvalue weighted by atomic mass is 16.8. The molecule has 19 nitrogen and oxygen atoms in total. The Morgan fingerprint density at radius 3 is 1.87 bits per heavy atom. The van der Waals surface area contributed by atoms with Crippen molar-refractivity contribution in [2.24, 2.45) is 5.92 Å². The molecule has 0 aliphatic carbocycles. The first-order chi connectivity index (χ1) is 36.1. The van der Waals surface area contributed by atoms with Gasteiger partial charge in [0.2, 0.25) is 12.3 Å². The second-order valence-electron chi connectivity index (χ2n) is 18.1. The maximum Gasteiger partial charge on any atom is 0.534 e. The third-order valence-electron chi connectivity index (χ3n) is 11.2. The lowest BCUT2D eigenvalue weighted by Crippen LogP contribution is -2.49. The number of nitrogens with one attached hydrogen (secondary N) is 3. The van der Waals surface area contributed by atoms with E-state index in [1.165, 1.54) is 30.3 Å². The van der Waals surface area contributed by atoms with E-state index in [0.717, 1.165) is 23.5 Å². The molecular formula is C56H64N4O15. The van der Waals surface area contributed by atoms with E-state index in [9.17, 15) is 38.4 Å². The van der Waals surface area contributed by atoms with Gasteiger partial charge in [0.1, 0.15) is 43.0 Å². The summed E-state index contributed by atoms with van der Waals surface area (Å²) in [7, 11) is 0. The number of furan rings is 1. The Balaban J connectivity index is 1.32. The number of hydrogen-bond acceptors (Lipinski definition) is 15. The highest BCUT2D eigenvalue weighted by Gasteiger charge is 2.35. The minimum atomic E-state index is -1.52. The predicted molar refractivity (Wildman–Crippen MR) is 272 cm³/mol. The summed E-state index contributed by atoms with van der Waals surface area (Å²) in [6, 6.07) is 31.4. The van der Waals surface area contributed by atoms with Gasteiger partial charge in [-0.15, -0.1) is 0 Å². The molecular weight excluding hydrogens is 969 g/mol. The average molecular weight is 1030 g/mol. The van der Waals surface area contributed by atoms with Crippen molar-refractivity contribution in [1.82, 2.24) is 21.0 Å². The standard InChI is InChI=1S/C56H64N4O15/c1-6-8-12-25-42(45(7-2)60(37-61)75-55(68)74-56(3,4)5)51(64)57-36-58-53(66)47-29-28-46(73-47)41-26-27-43(48(30-41)69-35-50(63)71-33-39-21-15-10-16-22-39)52(65)59-44(54(67)72-34-40-23-17-11-18-24-40)31-49(62)70-32-38-19-13-9-14-20-38/h9-11,13-24,26-30,37,42,44-45H,6-8,12,25,31-36H2,1-5H3,(H,57,64)(H,58,66)(H,59,65)/t42-,44+,45-/m1/s1. The van der Waals surface area contributed by atoms with Gasteiger partial charge in [0.25, 0.3) is 11.8 Å². The van der Waals surface area contributed by atoms with Crippen LogP contribution >= 0.6 is 0 Å². The summed E-state index contributed by atoms with van der Waals surface area (Å²) in [6.45, 7) is 7.41. The number of rotatable bonds is 28. The van der Waals surface area contributed by atoms with E-state index in [1.54, 1.807) is 107 Å². The molecule has 3 N–H and O–H groups in total. The quantitative estimate of drug-likeness (QED) is 0.0107. The zero-order chi connectivity index (χ0) is 54.2. The fraction of sp³-hybridized carbons (Fsp3) is 0.357. The van der Waals surface area contributed by atoms with Crippen molar-refractivity contribution in [1.29, 1.82) is 0 Å². The summed E-state index contributed by atoms with van der Waals surface area (Å²) in [4.78, 5) is 111. The summed E-state index contributed by atoms with van der Waals surface area (Å²) in [6.07, 6.45) is 1.53. The predicted octanol–water partition coefficient (Wildman–Crippen LogP) is 8.15. The lowest BCUT2D eigenvalue weighted by Gasteiger charge is -2.32. The Kier molecular flexibility index (Phi) is 22.4. The molecule has 3 atom stereocenters. The summed E-state index contributed by atoms with van der Waals surface area (Å²) in [5, 5.41) is 8.63. The van der Waals surface area contributed by atoms with Crippen molar-refractivity contribution in [3.63, 3.8) is 0 Å². The molecule has 0 fully saturated rings. The normalized spacial score (nSPS) is 12.1. The Morgan fingerprint density at radius 1 is 0.693 bits per heavy atom. The Labute approximate surface area is 435 Å². The van der Waals surface area contributed by atoms with Crippen molar-refractivity contribution >= 4 is 48.2 Å². The average Bonchev–Trinajstić information content (AvgIpc) is 3.91. The fourth-order valence-corrected chi connectivity index (χ4v) is 7.44. The third-order valence-corrected chi connectivity index (χ3v) is 11.2. The highest BCUT2D eigenvalue weighted by Crippen LogP contribution is 2.30. The van der Waals surface area contributed by atoms with E-state index in [1.807, 2.05) is 19.1 Å². The maximum absolute atomic E-state index is 14.1. The number of benzene rings is 4. The highest BCUT2D eigenvalue weighted by molar-refractivity contribution is 6.00. The second kappa shape index (κ2) is 29.3. The largest absolute Gasteiger partial charge is 0.534 e. The first kappa shape index (κ1) is 57.4. The van der Waals surface area contributed by atoms with Gasteiger partial charge in [-0.05, 0) is 74.6 Å². The van der Waals surface area contributed by atoms with Crippen molar-refractivity contribution in [3.8, 4) is 17.1 Å². The Bertz CT molecular complexity index is 2670. The van der Waals surface area contributed by atoms with Crippen LogP contribution in [-0.4, -0.2) is 84.2 Å². The molecule has 5 aromatic rings. The lowest BCUT2D eigenvalue weighted by atomic mass is 9.90. The van der Waals surface area contributed by atoms with Crippen LogP contribution < -0.4 is 20.7 Å². The Hall–Kier alpha value is -8.48. The maximum atomic E-state index is 14.1. The topological polar surface area (TPSA) is 244 Å². The zero-order valence-electron chi connectivity index (χ0n) is 42.7. The number of hydrogen-bond donors (Lipinski definition) is 3. The number of amides is 4. The molecule has 0 aliphatic rings. The van der Waals surface area contributed by atoms with E-state index in [0.29, 0.717) is 35.9 Å². The van der Waals surface area contributed by atoms with Crippen LogP contribution in [0.25, 0.3) is 11.3 Å². The number of nitrogens with zero attached hydrogens (tertiary/aromatic N) is 1. The molecule has 19 heteroatoms. The fourth-order valence-electron chi connectivity index (χ4n) is 7.44. The van der Waals surface area contributed by atoms with Crippen molar-refractivity contribution in [2.75, 3.05) is 13.3 Å². The first-order valence-electron chi connectivity index (χ1n) is 24.5. The van der Waals surface area contributed by atoms with Gasteiger partial charge in [-0.3, -0.25) is 24.0 Å². The zero-order valence-corrected chi connectivity index (χ0v) is 42.7. The van der Waals surface area contributed by atoms with E-state index < -0.39 is 78.4 Å². The van der Waals surface area contributed by atoms with Gasteiger partial charge in [0.05, 0.1) is 30.6 Å². The van der Waals surface area contributed by atoms with Crippen LogP contribution in [0.2, 0.25) is 0 Å². The molecule has 1 aromatic heterocycles. The molecule has 0 aliphatic heterocycles. The van der Waals surface area contributed by atoms with Gasteiger partial charge in [0.15, 0.2) is 12.4 Å². The molecule has 0 saturated carbocycles. The van der Waals surface area contributed by atoms with Crippen LogP contribution in [0.5, 0.6) is 5.75 Å². The van der Waals surface area contributed by atoms with E-state index in [-0.39, 0.29) is 55.7 Å². The van der Waals surface area contributed by atoms with Gasteiger partial charge in [-0.25, -0.2) is 14.4 Å². The summed E-state index contributed by atoms with van der Waals surface area (Å²) < 4.78 is 33.4. The molecule has 5 rings (SSSR count). The van der Waals surface area contributed by atoms with Crippen molar-refractivity contribution < 1.29 is 71.3 Å². The molecule has 75 heavy (non-hydrogen) atoms. The number of ether oxygens (including phenoxy) is 5. The molecule has 0 saturated heterocycles. The molecule has 4 amide bonds. The van der Waals surface area contributed by atoms with Gasteiger partial charge in [0, 0.05) is 5.56 Å². The van der Waals surface area contributed by atoms with Crippen molar-refractivity contribution in [3.05, 3.63) is 149 Å². The van der Waals surface area contributed by atoms with Crippen LogP contribution in [-0.2, 0) is 67.6 Å².